The normalized spacial score (nSPS) is 11.9. The van der Waals surface area contributed by atoms with Gasteiger partial charge in [-0.1, -0.05) is 45.8 Å². The molecule has 2 N–H and O–H groups in total. The van der Waals surface area contributed by atoms with Gasteiger partial charge >= 0.3 is 5.97 Å². The highest BCUT2D eigenvalue weighted by molar-refractivity contribution is 9.10. The van der Waals surface area contributed by atoms with E-state index in [0.29, 0.717) is 31.1 Å². The standard InChI is InChI=1S/C21H26BrNO4S/c1-14-5-4-6-15(9-14)13-27-20-11-17(22)16(10-19(20)26-2)12-23-18(21(24)25)7-8-28-3/h4-6,9-11,18,23H,7-8,12-13H2,1-3H3,(H,24,25). The number of hydrogen-bond acceptors (Lipinski definition) is 5. The fraction of sp³-hybridized carbons (Fsp3) is 0.381. The molecule has 1 unspecified atom stereocenters. The van der Waals surface area contributed by atoms with Crippen LogP contribution in [0.15, 0.2) is 40.9 Å². The molecule has 0 amide bonds. The van der Waals surface area contributed by atoms with E-state index in [1.54, 1.807) is 18.9 Å². The number of aryl methyl sites for hydroxylation is 1. The molecular formula is C21H26BrNO4S. The number of ether oxygens (including phenoxy) is 2. The lowest BCUT2D eigenvalue weighted by atomic mass is 10.1. The van der Waals surface area contributed by atoms with Gasteiger partial charge in [-0.05, 0) is 48.6 Å². The summed E-state index contributed by atoms with van der Waals surface area (Å²) in [5.41, 5.74) is 3.18. The van der Waals surface area contributed by atoms with Crippen molar-refractivity contribution in [2.24, 2.45) is 0 Å². The maximum atomic E-state index is 11.4. The minimum Gasteiger partial charge on any atom is -0.493 e. The smallest absolute Gasteiger partial charge is 0.320 e. The van der Waals surface area contributed by atoms with E-state index in [1.165, 1.54) is 5.56 Å². The zero-order valence-electron chi connectivity index (χ0n) is 16.3. The largest absolute Gasteiger partial charge is 0.493 e. The second kappa shape index (κ2) is 11.3. The van der Waals surface area contributed by atoms with Gasteiger partial charge in [-0.2, -0.15) is 11.8 Å². The Morgan fingerprint density at radius 1 is 1.29 bits per heavy atom. The van der Waals surface area contributed by atoms with Crippen molar-refractivity contribution in [1.29, 1.82) is 0 Å². The molecule has 152 valence electrons. The molecule has 7 heteroatoms. The lowest BCUT2D eigenvalue weighted by molar-refractivity contribution is -0.139. The van der Waals surface area contributed by atoms with Crippen molar-refractivity contribution in [3.8, 4) is 11.5 Å². The lowest BCUT2D eigenvalue weighted by Gasteiger charge is -2.17. The Kier molecular flexibility index (Phi) is 9.15. The molecule has 0 aliphatic heterocycles. The first-order valence-electron chi connectivity index (χ1n) is 8.94. The van der Waals surface area contributed by atoms with Gasteiger partial charge in [-0.3, -0.25) is 4.79 Å². The first kappa shape index (κ1) is 22.6. The van der Waals surface area contributed by atoms with Gasteiger partial charge in [-0.15, -0.1) is 0 Å². The Balaban J connectivity index is 2.08. The number of methoxy groups -OCH3 is 1. The van der Waals surface area contributed by atoms with E-state index < -0.39 is 12.0 Å². The van der Waals surface area contributed by atoms with E-state index >= 15 is 0 Å². The number of carbonyl (C=O) groups is 1. The number of rotatable bonds is 11. The van der Waals surface area contributed by atoms with Crippen molar-refractivity contribution in [2.45, 2.75) is 32.5 Å². The second-order valence-corrected chi connectivity index (χ2v) is 8.27. The first-order chi connectivity index (χ1) is 13.4. The average Bonchev–Trinajstić information content (AvgIpc) is 2.67. The molecule has 0 spiro atoms. The summed E-state index contributed by atoms with van der Waals surface area (Å²) in [6.07, 6.45) is 2.54. The van der Waals surface area contributed by atoms with Crippen molar-refractivity contribution in [2.75, 3.05) is 19.1 Å². The Bertz CT molecular complexity index is 800. The second-order valence-electron chi connectivity index (χ2n) is 6.43. The number of nitrogens with one attached hydrogen (secondary N) is 1. The van der Waals surface area contributed by atoms with Gasteiger partial charge in [0.05, 0.1) is 7.11 Å². The van der Waals surface area contributed by atoms with Crippen LogP contribution in [0.3, 0.4) is 0 Å². The number of carboxylic acids is 1. The van der Waals surface area contributed by atoms with Crippen LogP contribution < -0.4 is 14.8 Å². The number of aliphatic carboxylic acids is 1. The molecule has 2 aromatic carbocycles. The molecule has 0 fully saturated rings. The summed E-state index contributed by atoms with van der Waals surface area (Å²) in [7, 11) is 1.60. The molecular weight excluding hydrogens is 442 g/mol. The van der Waals surface area contributed by atoms with Crippen LogP contribution in [-0.2, 0) is 17.9 Å². The third-order valence-corrected chi connectivity index (χ3v) is 5.64. The minimum atomic E-state index is -0.838. The summed E-state index contributed by atoms with van der Waals surface area (Å²) in [5.74, 6) is 1.20. The molecule has 2 aromatic rings. The van der Waals surface area contributed by atoms with Gasteiger partial charge in [0, 0.05) is 11.0 Å². The SMILES string of the molecule is COc1cc(CNC(CCSC)C(=O)O)c(Br)cc1OCc1cccc(C)c1. The maximum absolute atomic E-state index is 11.4. The van der Waals surface area contributed by atoms with Crippen LogP contribution in [0.1, 0.15) is 23.1 Å². The van der Waals surface area contributed by atoms with Gasteiger partial charge in [-0.25, -0.2) is 0 Å². The number of benzene rings is 2. The van der Waals surface area contributed by atoms with E-state index in [9.17, 15) is 9.90 Å². The zero-order chi connectivity index (χ0) is 20.5. The molecule has 0 aliphatic rings. The highest BCUT2D eigenvalue weighted by Crippen LogP contribution is 2.34. The van der Waals surface area contributed by atoms with E-state index in [1.807, 2.05) is 43.5 Å². The van der Waals surface area contributed by atoms with Crippen LogP contribution in [0.4, 0.5) is 0 Å². The van der Waals surface area contributed by atoms with Crippen molar-refractivity contribution in [3.63, 3.8) is 0 Å². The topological polar surface area (TPSA) is 67.8 Å². The van der Waals surface area contributed by atoms with Crippen molar-refractivity contribution in [1.82, 2.24) is 5.32 Å². The predicted octanol–water partition coefficient (Wildman–Crippen LogP) is 4.64. The van der Waals surface area contributed by atoms with Crippen molar-refractivity contribution >= 4 is 33.7 Å². The fourth-order valence-corrected chi connectivity index (χ4v) is 3.66. The number of halogens is 1. The van der Waals surface area contributed by atoms with Crippen LogP contribution >= 0.6 is 27.7 Å². The summed E-state index contributed by atoms with van der Waals surface area (Å²) < 4.78 is 12.3. The average molecular weight is 468 g/mol. The van der Waals surface area contributed by atoms with Crippen LogP contribution in [0.5, 0.6) is 11.5 Å². The molecule has 0 saturated carbocycles. The van der Waals surface area contributed by atoms with Crippen LogP contribution in [0, 0.1) is 6.92 Å². The summed E-state index contributed by atoms with van der Waals surface area (Å²) in [5, 5.41) is 12.5. The first-order valence-corrected chi connectivity index (χ1v) is 11.1. The van der Waals surface area contributed by atoms with Gasteiger partial charge in [0.15, 0.2) is 11.5 Å². The molecule has 0 saturated heterocycles. The number of hydrogen-bond donors (Lipinski definition) is 2. The molecule has 5 nitrogen and oxygen atoms in total. The number of carboxylic acid groups (broad SMARTS) is 1. The zero-order valence-corrected chi connectivity index (χ0v) is 18.7. The van der Waals surface area contributed by atoms with Gasteiger partial charge in [0.1, 0.15) is 12.6 Å². The summed E-state index contributed by atoms with van der Waals surface area (Å²) in [4.78, 5) is 11.4. The molecule has 2 rings (SSSR count). The van der Waals surface area contributed by atoms with E-state index in [2.05, 4.69) is 27.3 Å². The van der Waals surface area contributed by atoms with Crippen LogP contribution in [0.25, 0.3) is 0 Å². The monoisotopic (exact) mass is 467 g/mol. The Morgan fingerprint density at radius 2 is 2.07 bits per heavy atom. The predicted molar refractivity (Wildman–Crippen MR) is 117 cm³/mol. The van der Waals surface area contributed by atoms with Gasteiger partial charge < -0.3 is 19.9 Å². The summed E-state index contributed by atoms with van der Waals surface area (Å²) in [6.45, 7) is 2.91. The molecule has 0 bridgehead atoms. The highest BCUT2D eigenvalue weighted by Gasteiger charge is 2.18. The maximum Gasteiger partial charge on any atom is 0.320 e. The third-order valence-electron chi connectivity index (χ3n) is 4.26. The lowest BCUT2D eigenvalue weighted by Crippen LogP contribution is -2.36. The van der Waals surface area contributed by atoms with Gasteiger partial charge in [0.25, 0.3) is 0 Å². The van der Waals surface area contributed by atoms with E-state index in [0.717, 1.165) is 21.4 Å². The molecule has 0 aliphatic carbocycles. The number of thioether (sulfide) groups is 1. The van der Waals surface area contributed by atoms with Gasteiger partial charge in [0.2, 0.25) is 0 Å². The third kappa shape index (κ3) is 6.72. The van der Waals surface area contributed by atoms with Crippen molar-refractivity contribution < 1.29 is 19.4 Å². The molecule has 1 atom stereocenters. The molecule has 28 heavy (non-hydrogen) atoms. The molecule has 0 heterocycles. The quantitative estimate of drug-likeness (QED) is 0.501. The summed E-state index contributed by atoms with van der Waals surface area (Å²) in [6, 6.07) is 11.3. The van der Waals surface area contributed by atoms with E-state index in [4.69, 9.17) is 9.47 Å². The van der Waals surface area contributed by atoms with Crippen LogP contribution in [-0.4, -0.2) is 36.2 Å². The molecule has 0 radical (unpaired) electrons. The fourth-order valence-electron chi connectivity index (χ4n) is 2.73. The molecule has 0 aromatic heterocycles. The summed E-state index contributed by atoms with van der Waals surface area (Å²) >= 11 is 5.20. The van der Waals surface area contributed by atoms with Crippen molar-refractivity contribution in [3.05, 3.63) is 57.6 Å². The van der Waals surface area contributed by atoms with E-state index in [-0.39, 0.29) is 0 Å². The van der Waals surface area contributed by atoms with Crippen LogP contribution in [0.2, 0.25) is 0 Å². The minimum absolute atomic E-state index is 0.417. The Hall–Kier alpha value is -1.70. The Morgan fingerprint density at radius 3 is 2.71 bits per heavy atom. The highest BCUT2D eigenvalue weighted by atomic mass is 79.9. The Labute approximate surface area is 178 Å².